The van der Waals surface area contributed by atoms with Crippen LogP contribution in [0.1, 0.15) is 36.8 Å². The van der Waals surface area contributed by atoms with Gasteiger partial charge in [-0.15, -0.1) is 0 Å². The van der Waals surface area contributed by atoms with E-state index in [9.17, 15) is 4.79 Å². The lowest BCUT2D eigenvalue weighted by atomic mass is 10.0. The molecule has 0 unspecified atom stereocenters. The van der Waals surface area contributed by atoms with Gasteiger partial charge >= 0.3 is 0 Å². The SMILES string of the molecule is N#Cc1ccccc1CN1CCC(N2CCCC2=O)CC1. The van der Waals surface area contributed by atoms with Gasteiger partial charge in [-0.3, -0.25) is 9.69 Å². The van der Waals surface area contributed by atoms with E-state index < -0.39 is 0 Å². The molecule has 0 bridgehead atoms. The van der Waals surface area contributed by atoms with Crippen LogP contribution in [0.15, 0.2) is 24.3 Å². The monoisotopic (exact) mass is 283 g/mol. The van der Waals surface area contributed by atoms with Crippen molar-refractivity contribution < 1.29 is 4.79 Å². The highest BCUT2D eigenvalue weighted by atomic mass is 16.2. The molecule has 2 heterocycles. The molecule has 0 radical (unpaired) electrons. The van der Waals surface area contributed by atoms with Gasteiger partial charge in [0.15, 0.2) is 0 Å². The molecule has 0 spiro atoms. The number of piperidine rings is 1. The number of nitriles is 1. The lowest BCUT2D eigenvalue weighted by Crippen LogP contribution is -2.45. The molecule has 0 aromatic heterocycles. The Morgan fingerprint density at radius 3 is 2.62 bits per heavy atom. The Kier molecular flexibility index (Phi) is 4.21. The van der Waals surface area contributed by atoms with Crippen molar-refractivity contribution in [2.24, 2.45) is 0 Å². The number of carbonyl (C=O) groups is 1. The van der Waals surface area contributed by atoms with Crippen molar-refractivity contribution in [2.45, 2.75) is 38.3 Å². The summed E-state index contributed by atoms with van der Waals surface area (Å²) in [5.41, 5.74) is 1.88. The van der Waals surface area contributed by atoms with Gasteiger partial charge < -0.3 is 4.90 Å². The third-order valence-electron chi connectivity index (χ3n) is 4.64. The van der Waals surface area contributed by atoms with Crippen molar-refractivity contribution in [3.63, 3.8) is 0 Å². The lowest BCUT2D eigenvalue weighted by Gasteiger charge is -2.36. The molecule has 4 heteroatoms. The van der Waals surface area contributed by atoms with Crippen molar-refractivity contribution in [1.82, 2.24) is 9.80 Å². The van der Waals surface area contributed by atoms with Crippen LogP contribution < -0.4 is 0 Å². The van der Waals surface area contributed by atoms with Gasteiger partial charge in [-0.05, 0) is 30.9 Å². The fraction of sp³-hybridized carbons (Fsp3) is 0.529. The van der Waals surface area contributed by atoms with Crippen LogP contribution in [0.3, 0.4) is 0 Å². The Hall–Kier alpha value is -1.86. The molecule has 0 atom stereocenters. The van der Waals surface area contributed by atoms with Crippen molar-refractivity contribution in [1.29, 1.82) is 5.26 Å². The fourth-order valence-electron chi connectivity index (χ4n) is 3.45. The predicted octanol–water partition coefficient (Wildman–Crippen LogP) is 2.15. The van der Waals surface area contributed by atoms with Gasteiger partial charge in [0.1, 0.15) is 0 Å². The van der Waals surface area contributed by atoms with Crippen LogP contribution in [0.25, 0.3) is 0 Å². The highest BCUT2D eigenvalue weighted by Gasteiger charge is 2.30. The summed E-state index contributed by atoms with van der Waals surface area (Å²) >= 11 is 0. The fourth-order valence-corrected chi connectivity index (χ4v) is 3.45. The van der Waals surface area contributed by atoms with Gasteiger partial charge in [-0.2, -0.15) is 5.26 Å². The number of rotatable bonds is 3. The number of nitrogens with zero attached hydrogens (tertiary/aromatic N) is 3. The second-order valence-electron chi connectivity index (χ2n) is 5.97. The van der Waals surface area contributed by atoms with Gasteiger partial charge in [0.2, 0.25) is 5.91 Å². The molecular weight excluding hydrogens is 262 g/mol. The Bertz CT molecular complexity index is 555. The van der Waals surface area contributed by atoms with Gasteiger partial charge in [-0.25, -0.2) is 0 Å². The molecule has 4 nitrogen and oxygen atoms in total. The minimum Gasteiger partial charge on any atom is -0.340 e. The maximum absolute atomic E-state index is 11.8. The van der Waals surface area contributed by atoms with Crippen molar-refractivity contribution in [3.8, 4) is 6.07 Å². The topological polar surface area (TPSA) is 47.3 Å². The van der Waals surface area contributed by atoms with Crippen LogP contribution in [0, 0.1) is 11.3 Å². The number of likely N-dealkylation sites (tertiary alicyclic amines) is 2. The van der Waals surface area contributed by atoms with Crippen LogP contribution in [-0.4, -0.2) is 41.4 Å². The van der Waals surface area contributed by atoms with E-state index in [0.717, 1.165) is 63.0 Å². The summed E-state index contributed by atoms with van der Waals surface area (Å²) in [6.45, 7) is 3.80. The number of hydrogen-bond acceptors (Lipinski definition) is 3. The molecule has 3 rings (SSSR count). The van der Waals surface area contributed by atoms with Crippen molar-refractivity contribution >= 4 is 5.91 Å². The zero-order valence-corrected chi connectivity index (χ0v) is 12.3. The van der Waals surface area contributed by atoms with Gasteiger partial charge in [-0.1, -0.05) is 18.2 Å². The number of benzene rings is 1. The Balaban J connectivity index is 1.56. The zero-order chi connectivity index (χ0) is 14.7. The molecule has 0 aliphatic carbocycles. The smallest absolute Gasteiger partial charge is 0.222 e. The average Bonchev–Trinajstić information content (AvgIpc) is 2.95. The molecular formula is C17H21N3O. The second-order valence-corrected chi connectivity index (χ2v) is 5.97. The molecule has 1 aromatic rings. The maximum Gasteiger partial charge on any atom is 0.222 e. The average molecular weight is 283 g/mol. The summed E-state index contributed by atoms with van der Waals surface area (Å²) in [5.74, 6) is 0.336. The first-order chi connectivity index (χ1) is 10.3. The molecule has 2 saturated heterocycles. The highest BCUT2D eigenvalue weighted by Crippen LogP contribution is 2.23. The molecule has 2 aliphatic rings. The summed E-state index contributed by atoms with van der Waals surface area (Å²) in [7, 11) is 0. The summed E-state index contributed by atoms with van der Waals surface area (Å²) < 4.78 is 0. The van der Waals surface area contributed by atoms with Crippen LogP contribution in [0.4, 0.5) is 0 Å². The van der Waals surface area contributed by atoms with E-state index in [1.807, 2.05) is 24.3 Å². The first-order valence-corrected chi connectivity index (χ1v) is 7.78. The van der Waals surface area contributed by atoms with Crippen molar-refractivity contribution in [2.75, 3.05) is 19.6 Å². The first-order valence-electron chi connectivity index (χ1n) is 7.78. The number of hydrogen-bond donors (Lipinski definition) is 0. The molecule has 0 N–H and O–H groups in total. The minimum atomic E-state index is 0.336. The van der Waals surface area contributed by atoms with E-state index >= 15 is 0 Å². The Morgan fingerprint density at radius 2 is 1.95 bits per heavy atom. The third kappa shape index (κ3) is 3.08. The minimum absolute atomic E-state index is 0.336. The van der Waals surface area contributed by atoms with E-state index in [4.69, 9.17) is 5.26 Å². The highest BCUT2D eigenvalue weighted by molar-refractivity contribution is 5.78. The molecule has 110 valence electrons. The quantitative estimate of drug-likeness (QED) is 0.854. The van der Waals surface area contributed by atoms with Crippen LogP contribution in [0.2, 0.25) is 0 Å². The number of carbonyl (C=O) groups excluding carboxylic acids is 1. The molecule has 2 aliphatic heterocycles. The van der Waals surface area contributed by atoms with E-state index in [1.165, 1.54) is 0 Å². The molecule has 21 heavy (non-hydrogen) atoms. The van der Waals surface area contributed by atoms with Gasteiger partial charge in [0, 0.05) is 38.6 Å². The molecule has 2 fully saturated rings. The summed E-state index contributed by atoms with van der Waals surface area (Å²) in [4.78, 5) is 16.3. The predicted molar refractivity (Wildman–Crippen MR) is 80.4 cm³/mol. The Labute approximate surface area is 126 Å². The number of amides is 1. The van der Waals surface area contributed by atoms with E-state index in [2.05, 4.69) is 15.9 Å². The molecule has 1 amide bonds. The summed E-state index contributed by atoms with van der Waals surface area (Å²) in [5, 5.41) is 9.15. The zero-order valence-electron chi connectivity index (χ0n) is 12.3. The Morgan fingerprint density at radius 1 is 1.19 bits per heavy atom. The van der Waals surface area contributed by atoms with Crippen molar-refractivity contribution in [3.05, 3.63) is 35.4 Å². The molecule has 0 saturated carbocycles. The van der Waals surface area contributed by atoms with E-state index in [0.29, 0.717) is 11.9 Å². The summed E-state index contributed by atoms with van der Waals surface area (Å²) in [6, 6.07) is 10.5. The summed E-state index contributed by atoms with van der Waals surface area (Å²) in [6.07, 6.45) is 3.87. The largest absolute Gasteiger partial charge is 0.340 e. The molecule has 1 aromatic carbocycles. The first kappa shape index (κ1) is 14.1. The van der Waals surface area contributed by atoms with E-state index in [1.54, 1.807) is 0 Å². The van der Waals surface area contributed by atoms with E-state index in [-0.39, 0.29) is 0 Å². The second kappa shape index (κ2) is 6.28. The lowest BCUT2D eigenvalue weighted by molar-refractivity contribution is -0.130. The van der Waals surface area contributed by atoms with Crippen LogP contribution in [0.5, 0.6) is 0 Å². The van der Waals surface area contributed by atoms with Crippen LogP contribution in [-0.2, 0) is 11.3 Å². The standard InChI is InChI=1S/C17H21N3O/c18-12-14-4-1-2-5-15(14)13-19-10-7-16(8-11-19)20-9-3-6-17(20)21/h1-2,4-5,16H,3,6-11,13H2. The maximum atomic E-state index is 11.8. The van der Waals surface area contributed by atoms with Gasteiger partial charge in [0.05, 0.1) is 11.6 Å². The normalized spacial score (nSPS) is 20.7. The van der Waals surface area contributed by atoms with Crippen LogP contribution >= 0.6 is 0 Å². The van der Waals surface area contributed by atoms with Gasteiger partial charge in [0.25, 0.3) is 0 Å². The third-order valence-corrected chi connectivity index (χ3v) is 4.64.